The molecular formula is C13H17N3O. The lowest BCUT2D eigenvalue weighted by molar-refractivity contribution is 0.414. The van der Waals surface area contributed by atoms with E-state index in [-0.39, 0.29) is 0 Å². The number of anilines is 1. The first-order valence-electron chi connectivity index (χ1n) is 5.59. The van der Waals surface area contributed by atoms with Crippen LogP contribution < -0.4 is 10.5 Å². The normalized spacial score (nSPS) is 10.5. The molecular weight excluding hydrogens is 214 g/mol. The second kappa shape index (κ2) is 4.91. The van der Waals surface area contributed by atoms with Crippen molar-refractivity contribution in [1.29, 1.82) is 0 Å². The van der Waals surface area contributed by atoms with Gasteiger partial charge in [0.05, 0.1) is 13.3 Å². The van der Waals surface area contributed by atoms with Crippen molar-refractivity contribution in [2.75, 3.05) is 12.8 Å². The maximum Gasteiger partial charge on any atom is 0.200 e. The molecule has 0 saturated heterocycles. The largest absolute Gasteiger partial charge is 0.497 e. The number of hydrogen-bond donors (Lipinski definition) is 1. The Balaban J connectivity index is 2.04. The first kappa shape index (κ1) is 11.5. The van der Waals surface area contributed by atoms with E-state index in [0.717, 1.165) is 24.3 Å². The second-order valence-corrected chi connectivity index (χ2v) is 4.02. The van der Waals surface area contributed by atoms with Gasteiger partial charge in [0.1, 0.15) is 5.75 Å². The van der Waals surface area contributed by atoms with Crippen LogP contribution in [0.2, 0.25) is 0 Å². The maximum atomic E-state index is 5.69. The summed E-state index contributed by atoms with van der Waals surface area (Å²) in [5, 5.41) is 0. The van der Waals surface area contributed by atoms with Gasteiger partial charge >= 0.3 is 0 Å². The number of nitrogen functional groups attached to an aromatic ring is 1. The fraction of sp³-hybridized carbons (Fsp3) is 0.308. The molecule has 0 aliphatic rings. The van der Waals surface area contributed by atoms with Gasteiger partial charge in [-0.05, 0) is 30.5 Å². The molecule has 0 atom stereocenters. The van der Waals surface area contributed by atoms with Gasteiger partial charge in [-0.3, -0.25) is 0 Å². The minimum absolute atomic E-state index is 0.561. The summed E-state index contributed by atoms with van der Waals surface area (Å²) in [4.78, 5) is 4.08. The van der Waals surface area contributed by atoms with Crippen LogP contribution in [0.1, 0.15) is 11.3 Å². The number of hydrogen-bond acceptors (Lipinski definition) is 3. The average Bonchev–Trinajstić information content (AvgIpc) is 2.68. The summed E-state index contributed by atoms with van der Waals surface area (Å²) in [5.41, 5.74) is 8.08. The first-order valence-corrected chi connectivity index (χ1v) is 5.59. The number of aryl methyl sites for hydroxylation is 2. The Hall–Kier alpha value is -1.97. The fourth-order valence-corrected chi connectivity index (χ4v) is 1.79. The minimum atomic E-state index is 0.561. The van der Waals surface area contributed by atoms with Crippen LogP contribution in [-0.4, -0.2) is 16.7 Å². The number of imidazole rings is 1. The van der Waals surface area contributed by atoms with Crippen LogP contribution in [0, 0.1) is 0 Å². The molecule has 0 aliphatic heterocycles. The topological polar surface area (TPSA) is 53.1 Å². The Morgan fingerprint density at radius 3 is 2.82 bits per heavy atom. The number of nitrogens with two attached hydrogens (primary N) is 1. The molecule has 0 unspecified atom stereocenters. The van der Waals surface area contributed by atoms with Crippen LogP contribution >= 0.6 is 0 Å². The number of nitrogens with zero attached hydrogens (tertiary/aromatic N) is 2. The van der Waals surface area contributed by atoms with Gasteiger partial charge in [0.15, 0.2) is 5.95 Å². The van der Waals surface area contributed by atoms with E-state index < -0.39 is 0 Å². The third-order valence-electron chi connectivity index (χ3n) is 2.92. The maximum absolute atomic E-state index is 5.69. The van der Waals surface area contributed by atoms with E-state index in [1.165, 1.54) is 5.56 Å². The highest BCUT2D eigenvalue weighted by molar-refractivity contribution is 5.29. The highest BCUT2D eigenvalue weighted by Crippen LogP contribution is 2.15. The zero-order chi connectivity index (χ0) is 12.3. The minimum Gasteiger partial charge on any atom is -0.497 e. The summed E-state index contributed by atoms with van der Waals surface area (Å²) in [6.45, 7) is 0. The highest BCUT2D eigenvalue weighted by Gasteiger charge is 2.04. The van der Waals surface area contributed by atoms with Crippen LogP contribution in [-0.2, 0) is 19.9 Å². The predicted octanol–water partition coefficient (Wildman–Crippen LogP) is 1.80. The summed E-state index contributed by atoms with van der Waals surface area (Å²) in [7, 11) is 3.62. The van der Waals surface area contributed by atoms with Crippen molar-refractivity contribution in [2.24, 2.45) is 7.05 Å². The molecule has 2 N–H and O–H groups in total. The molecule has 1 heterocycles. The SMILES string of the molecule is COc1cccc(CCc2cnc(N)n2C)c1. The zero-order valence-electron chi connectivity index (χ0n) is 10.2. The number of rotatable bonds is 4. The Bertz CT molecular complexity index is 505. The molecule has 4 heteroatoms. The Morgan fingerprint density at radius 1 is 1.35 bits per heavy atom. The predicted molar refractivity (Wildman–Crippen MR) is 68.0 cm³/mol. The van der Waals surface area contributed by atoms with Crippen LogP contribution in [0.5, 0.6) is 5.75 Å². The molecule has 1 aromatic heterocycles. The van der Waals surface area contributed by atoms with Crippen molar-refractivity contribution in [1.82, 2.24) is 9.55 Å². The monoisotopic (exact) mass is 231 g/mol. The van der Waals surface area contributed by atoms with Gasteiger partial charge in [0, 0.05) is 12.7 Å². The van der Waals surface area contributed by atoms with Gasteiger partial charge in [0.2, 0.25) is 0 Å². The molecule has 0 spiro atoms. The molecule has 0 bridgehead atoms. The van der Waals surface area contributed by atoms with Crippen molar-refractivity contribution in [3.8, 4) is 5.75 Å². The van der Waals surface area contributed by atoms with Crippen LogP contribution in [0.4, 0.5) is 5.95 Å². The zero-order valence-corrected chi connectivity index (χ0v) is 10.2. The number of methoxy groups -OCH3 is 1. The van der Waals surface area contributed by atoms with E-state index in [4.69, 9.17) is 10.5 Å². The van der Waals surface area contributed by atoms with Crippen molar-refractivity contribution in [2.45, 2.75) is 12.8 Å². The van der Waals surface area contributed by atoms with Crippen LogP contribution in [0.25, 0.3) is 0 Å². The molecule has 0 aliphatic carbocycles. The summed E-state index contributed by atoms with van der Waals surface area (Å²) in [6, 6.07) is 8.11. The summed E-state index contributed by atoms with van der Waals surface area (Å²) < 4.78 is 7.11. The van der Waals surface area contributed by atoms with Gasteiger partial charge in [-0.15, -0.1) is 0 Å². The van der Waals surface area contributed by atoms with E-state index >= 15 is 0 Å². The van der Waals surface area contributed by atoms with Crippen LogP contribution in [0.3, 0.4) is 0 Å². The van der Waals surface area contributed by atoms with Gasteiger partial charge in [-0.25, -0.2) is 4.98 Å². The molecule has 90 valence electrons. The molecule has 2 rings (SSSR count). The number of ether oxygens (including phenoxy) is 1. The lowest BCUT2D eigenvalue weighted by Crippen LogP contribution is -2.02. The van der Waals surface area contributed by atoms with Crippen LogP contribution in [0.15, 0.2) is 30.5 Å². The first-order chi connectivity index (χ1) is 8.20. The van der Waals surface area contributed by atoms with Gasteiger partial charge < -0.3 is 15.0 Å². The standard InChI is InChI=1S/C13H17N3O/c1-16-11(9-15-13(16)14)7-6-10-4-3-5-12(8-10)17-2/h3-5,8-9H,6-7H2,1-2H3,(H2,14,15). The number of aromatic nitrogens is 2. The molecule has 4 nitrogen and oxygen atoms in total. The van der Waals surface area contributed by atoms with Gasteiger partial charge in [-0.1, -0.05) is 12.1 Å². The highest BCUT2D eigenvalue weighted by atomic mass is 16.5. The summed E-state index contributed by atoms with van der Waals surface area (Å²) in [5.74, 6) is 1.46. The average molecular weight is 231 g/mol. The lowest BCUT2D eigenvalue weighted by Gasteiger charge is -2.05. The van der Waals surface area contributed by atoms with Crippen molar-refractivity contribution in [3.05, 3.63) is 41.7 Å². The second-order valence-electron chi connectivity index (χ2n) is 4.02. The van der Waals surface area contributed by atoms with E-state index in [0.29, 0.717) is 5.95 Å². The third kappa shape index (κ3) is 2.58. The summed E-state index contributed by atoms with van der Waals surface area (Å²) >= 11 is 0. The molecule has 0 fully saturated rings. The Labute approximate surface area is 101 Å². The molecule has 1 aromatic carbocycles. The third-order valence-corrected chi connectivity index (χ3v) is 2.92. The molecule has 17 heavy (non-hydrogen) atoms. The Kier molecular flexibility index (Phi) is 3.32. The van der Waals surface area contributed by atoms with E-state index in [1.54, 1.807) is 7.11 Å². The quantitative estimate of drug-likeness (QED) is 0.873. The Morgan fingerprint density at radius 2 is 2.18 bits per heavy atom. The van der Waals surface area contributed by atoms with Crippen molar-refractivity contribution >= 4 is 5.95 Å². The molecule has 0 saturated carbocycles. The van der Waals surface area contributed by atoms with Crippen molar-refractivity contribution < 1.29 is 4.74 Å². The van der Waals surface area contributed by atoms with E-state index in [9.17, 15) is 0 Å². The molecule has 0 radical (unpaired) electrons. The number of benzene rings is 1. The molecule has 2 aromatic rings. The van der Waals surface area contributed by atoms with Crippen molar-refractivity contribution in [3.63, 3.8) is 0 Å². The molecule has 0 amide bonds. The van der Waals surface area contributed by atoms with Gasteiger partial charge in [0.25, 0.3) is 0 Å². The van der Waals surface area contributed by atoms with E-state index in [2.05, 4.69) is 17.1 Å². The lowest BCUT2D eigenvalue weighted by atomic mass is 10.1. The smallest absolute Gasteiger partial charge is 0.200 e. The van der Waals surface area contributed by atoms with Gasteiger partial charge in [-0.2, -0.15) is 0 Å². The summed E-state index contributed by atoms with van der Waals surface area (Å²) in [6.07, 6.45) is 3.71. The van der Waals surface area contributed by atoms with E-state index in [1.807, 2.05) is 29.9 Å². The fourth-order valence-electron chi connectivity index (χ4n) is 1.79.